The van der Waals surface area contributed by atoms with E-state index in [1.165, 1.54) is 18.2 Å². The van der Waals surface area contributed by atoms with Gasteiger partial charge in [-0.3, -0.25) is 14.4 Å². The number of thiazole rings is 1. The van der Waals surface area contributed by atoms with E-state index in [0.29, 0.717) is 29.1 Å². The van der Waals surface area contributed by atoms with Gasteiger partial charge in [0.15, 0.2) is 4.96 Å². The first-order chi connectivity index (χ1) is 17.4. The number of aromatic nitrogens is 2. The van der Waals surface area contributed by atoms with Crippen LogP contribution in [0.15, 0.2) is 65.5 Å². The summed E-state index contributed by atoms with van der Waals surface area (Å²) in [6.45, 7) is 3.94. The van der Waals surface area contributed by atoms with Gasteiger partial charge in [0.2, 0.25) is 0 Å². The summed E-state index contributed by atoms with van der Waals surface area (Å²) in [5.74, 6) is -1.66. The zero-order valence-electron chi connectivity index (χ0n) is 19.7. The number of rotatable bonds is 8. The van der Waals surface area contributed by atoms with Crippen molar-refractivity contribution >= 4 is 45.5 Å². The molecule has 0 aliphatic carbocycles. The van der Waals surface area contributed by atoms with Gasteiger partial charge in [-0.25, -0.2) is 14.2 Å². The molecule has 2 aromatic heterocycles. The Morgan fingerprint density at radius 2 is 1.61 bits per heavy atom. The Morgan fingerprint density at radius 1 is 0.944 bits per heavy atom. The summed E-state index contributed by atoms with van der Waals surface area (Å²) in [5, 5.41) is 5.48. The van der Waals surface area contributed by atoms with Crippen molar-refractivity contribution in [3.63, 3.8) is 0 Å². The highest BCUT2D eigenvalue weighted by molar-refractivity contribution is 7.19. The summed E-state index contributed by atoms with van der Waals surface area (Å²) in [7, 11) is 0. The van der Waals surface area contributed by atoms with Crippen LogP contribution in [0.4, 0.5) is 11.4 Å². The Balaban J connectivity index is 1.72. The zero-order chi connectivity index (χ0) is 25.7. The van der Waals surface area contributed by atoms with Gasteiger partial charge in [0, 0.05) is 23.1 Å². The molecular weight excluding hydrogens is 480 g/mol. The second kappa shape index (κ2) is 11.0. The van der Waals surface area contributed by atoms with Crippen molar-refractivity contribution in [3.05, 3.63) is 92.8 Å². The summed E-state index contributed by atoms with van der Waals surface area (Å²) in [6, 6.07) is 16.3. The summed E-state index contributed by atoms with van der Waals surface area (Å²) in [6.07, 6.45) is 1.40. The Morgan fingerprint density at radius 3 is 2.28 bits per heavy atom. The highest BCUT2D eigenvalue weighted by Gasteiger charge is 2.26. The molecule has 4 aromatic rings. The summed E-state index contributed by atoms with van der Waals surface area (Å²) >= 11 is 0.974. The number of aryl methyl sites for hydroxylation is 1. The SMILES string of the molecule is CCCc1cc(=O)n2c(C(=O)Nc3ccc(C(=O)OCC)cc3)c(C(=O)Nc3ccccc3)sc2n1. The van der Waals surface area contributed by atoms with Crippen LogP contribution in [-0.2, 0) is 11.2 Å². The number of nitrogens with one attached hydrogen (secondary N) is 2. The lowest BCUT2D eigenvalue weighted by Gasteiger charge is -2.09. The molecule has 0 radical (unpaired) electrons. The average Bonchev–Trinajstić information content (AvgIpc) is 3.26. The standard InChI is InChI=1S/C26H24N4O5S/c1-3-8-19-15-20(31)30-21(23(32)27-18-13-11-16(12-14-18)25(34)35-4-2)22(36-26(30)29-19)24(33)28-17-9-6-5-7-10-17/h5-7,9-15H,3-4,8H2,1-2H3,(H,27,32)(H,28,33). The van der Waals surface area contributed by atoms with Gasteiger partial charge in [-0.15, -0.1) is 0 Å². The normalized spacial score (nSPS) is 10.7. The van der Waals surface area contributed by atoms with Gasteiger partial charge in [0.25, 0.3) is 17.4 Å². The van der Waals surface area contributed by atoms with E-state index in [4.69, 9.17) is 4.74 Å². The number of anilines is 2. The third kappa shape index (κ3) is 5.33. The minimum Gasteiger partial charge on any atom is -0.462 e. The Hall–Kier alpha value is -4.31. The lowest BCUT2D eigenvalue weighted by atomic mass is 10.2. The lowest BCUT2D eigenvalue weighted by Crippen LogP contribution is -2.25. The minimum absolute atomic E-state index is 0.0535. The van der Waals surface area contributed by atoms with E-state index in [2.05, 4.69) is 15.6 Å². The highest BCUT2D eigenvalue weighted by Crippen LogP contribution is 2.24. The monoisotopic (exact) mass is 504 g/mol. The average molecular weight is 505 g/mol. The number of carbonyl (C=O) groups is 3. The highest BCUT2D eigenvalue weighted by atomic mass is 32.1. The maximum absolute atomic E-state index is 13.4. The van der Waals surface area contributed by atoms with Gasteiger partial charge in [-0.1, -0.05) is 42.9 Å². The second-order valence-corrected chi connectivity index (χ2v) is 8.78. The van der Waals surface area contributed by atoms with Crippen molar-refractivity contribution in [2.45, 2.75) is 26.7 Å². The molecule has 0 bridgehead atoms. The van der Waals surface area contributed by atoms with Gasteiger partial charge in [-0.05, 0) is 49.7 Å². The maximum atomic E-state index is 13.4. The molecule has 0 spiro atoms. The number of carbonyl (C=O) groups excluding carboxylic acids is 3. The Kier molecular flexibility index (Phi) is 7.55. The molecule has 184 valence electrons. The first-order valence-corrected chi connectivity index (χ1v) is 12.2. The van der Waals surface area contributed by atoms with E-state index in [0.717, 1.165) is 22.2 Å². The number of ether oxygens (including phenoxy) is 1. The molecular formula is C26H24N4O5S. The first-order valence-electron chi connectivity index (χ1n) is 11.4. The molecule has 10 heteroatoms. The van der Waals surface area contributed by atoms with Crippen LogP contribution < -0.4 is 16.2 Å². The number of para-hydroxylation sites is 1. The van der Waals surface area contributed by atoms with Crippen LogP contribution in [-0.4, -0.2) is 33.8 Å². The molecule has 0 fully saturated rings. The molecule has 36 heavy (non-hydrogen) atoms. The number of benzene rings is 2. The Bertz CT molecular complexity index is 1480. The lowest BCUT2D eigenvalue weighted by molar-refractivity contribution is 0.0526. The summed E-state index contributed by atoms with van der Waals surface area (Å²) in [5.41, 5.74) is 1.31. The molecule has 0 saturated carbocycles. The first kappa shape index (κ1) is 24.8. The van der Waals surface area contributed by atoms with Crippen LogP contribution in [0.2, 0.25) is 0 Å². The predicted molar refractivity (Wildman–Crippen MR) is 138 cm³/mol. The van der Waals surface area contributed by atoms with Gasteiger partial charge < -0.3 is 15.4 Å². The molecule has 9 nitrogen and oxygen atoms in total. The van der Waals surface area contributed by atoms with E-state index in [1.807, 2.05) is 13.0 Å². The third-order valence-corrected chi connectivity index (χ3v) is 6.23. The van der Waals surface area contributed by atoms with Crippen molar-refractivity contribution in [1.82, 2.24) is 9.38 Å². The minimum atomic E-state index is -0.657. The fraction of sp³-hybridized carbons (Fsp3) is 0.192. The van der Waals surface area contributed by atoms with Crippen LogP contribution in [0, 0.1) is 0 Å². The number of hydrogen-bond donors (Lipinski definition) is 2. The van der Waals surface area contributed by atoms with E-state index < -0.39 is 23.3 Å². The predicted octanol–water partition coefficient (Wildman–Crippen LogP) is 4.39. The van der Waals surface area contributed by atoms with Gasteiger partial charge in [-0.2, -0.15) is 0 Å². The molecule has 0 aliphatic heterocycles. The molecule has 0 unspecified atom stereocenters. The van der Waals surface area contributed by atoms with Crippen LogP contribution in [0.5, 0.6) is 0 Å². The van der Waals surface area contributed by atoms with Crippen molar-refractivity contribution in [2.24, 2.45) is 0 Å². The van der Waals surface area contributed by atoms with E-state index >= 15 is 0 Å². The van der Waals surface area contributed by atoms with E-state index in [1.54, 1.807) is 43.3 Å². The van der Waals surface area contributed by atoms with Crippen LogP contribution in [0.1, 0.15) is 56.5 Å². The maximum Gasteiger partial charge on any atom is 0.338 e. The smallest absolute Gasteiger partial charge is 0.338 e. The van der Waals surface area contributed by atoms with Crippen LogP contribution >= 0.6 is 11.3 Å². The van der Waals surface area contributed by atoms with E-state index in [9.17, 15) is 19.2 Å². The molecule has 0 saturated heterocycles. The summed E-state index contributed by atoms with van der Waals surface area (Å²) in [4.78, 5) is 56.3. The second-order valence-electron chi connectivity index (χ2n) is 7.81. The van der Waals surface area contributed by atoms with Crippen molar-refractivity contribution in [1.29, 1.82) is 0 Å². The molecule has 2 amide bonds. The third-order valence-electron chi connectivity index (χ3n) is 5.19. The van der Waals surface area contributed by atoms with Gasteiger partial charge >= 0.3 is 5.97 Å². The zero-order valence-corrected chi connectivity index (χ0v) is 20.6. The topological polar surface area (TPSA) is 119 Å². The van der Waals surface area contributed by atoms with Crippen molar-refractivity contribution in [2.75, 3.05) is 17.2 Å². The van der Waals surface area contributed by atoms with Crippen molar-refractivity contribution < 1.29 is 19.1 Å². The number of fused-ring (bicyclic) bond motifs is 1. The number of hydrogen-bond acceptors (Lipinski definition) is 7. The molecule has 4 rings (SSSR count). The Labute approximate surface area is 210 Å². The van der Waals surface area contributed by atoms with Gasteiger partial charge in [0.1, 0.15) is 10.6 Å². The quantitative estimate of drug-likeness (QED) is 0.344. The molecule has 0 atom stereocenters. The molecule has 2 aromatic carbocycles. The largest absolute Gasteiger partial charge is 0.462 e. The number of esters is 1. The molecule has 2 heterocycles. The molecule has 0 aliphatic rings. The van der Waals surface area contributed by atoms with Crippen LogP contribution in [0.3, 0.4) is 0 Å². The fourth-order valence-corrected chi connectivity index (χ4v) is 4.61. The summed E-state index contributed by atoms with van der Waals surface area (Å²) < 4.78 is 6.13. The van der Waals surface area contributed by atoms with Gasteiger partial charge in [0.05, 0.1) is 12.2 Å². The fourth-order valence-electron chi connectivity index (χ4n) is 3.57. The van der Waals surface area contributed by atoms with Crippen molar-refractivity contribution in [3.8, 4) is 0 Å². The van der Waals surface area contributed by atoms with Crippen LogP contribution in [0.25, 0.3) is 4.96 Å². The number of nitrogens with zero attached hydrogens (tertiary/aromatic N) is 2. The molecule has 2 N–H and O–H groups in total. The van der Waals surface area contributed by atoms with E-state index in [-0.39, 0.29) is 22.1 Å². The number of amides is 2.